The summed E-state index contributed by atoms with van der Waals surface area (Å²) in [5, 5.41) is 13.3. The Balaban J connectivity index is 1.56. The lowest BCUT2D eigenvalue weighted by atomic mass is 9.96. The summed E-state index contributed by atoms with van der Waals surface area (Å²) < 4.78 is 5.65. The third-order valence-corrected chi connectivity index (χ3v) is 4.81. The van der Waals surface area contributed by atoms with Gasteiger partial charge in [0, 0.05) is 31.6 Å². The Morgan fingerprint density at radius 2 is 2.04 bits per heavy atom. The lowest BCUT2D eigenvalue weighted by Crippen LogP contribution is -2.48. The number of rotatable bonds is 4. The zero-order chi connectivity index (χ0) is 18.0. The maximum Gasteiger partial charge on any atom is 0.224 e. The van der Waals surface area contributed by atoms with Gasteiger partial charge in [-0.25, -0.2) is 0 Å². The van der Waals surface area contributed by atoms with Gasteiger partial charge < -0.3 is 20.1 Å². The summed E-state index contributed by atoms with van der Waals surface area (Å²) in [6.45, 7) is 5.16. The molecular formula is C19H26N2O4. The summed E-state index contributed by atoms with van der Waals surface area (Å²) in [6, 6.07) is 5.58. The van der Waals surface area contributed by atoms with Crippen LogP contribution < -0.4 is 5.32 Å². The molecule has 2 heterocycles. The first kappa shape index (κ1) is 17.9. The molecule has 1 aromatic rings. The van der Waals surface area contributed by atoms with Crippen LogP contribution in [0.15, 0.2) is 18.2 Å². The Bertz CT molecular complexity index is 651. The number of carbonyl (C=O) groups is 2. The Morgan fingerprint density at radius 1 is 1.32 bits per heavy atom. The van der Waals surface area contributed by atoms with Crippen molar-refractivity contribution in [2.75, 3.05) is 18.4 Å². The summed E-state index contributed by atoms with van der Waals surface area (Å²) in [6.07, 6.45) is 1.28. The number of ether oxygens (including phenoxy) is 1. The van der Waals surface area contributed by atoms with Crippen molar-refractivity contribution in [3.05, 3.63) is 29.3 Å². The van der Waals surface area contributed by atoms with Crippen LogP contribution in [0.3, 0.4) is 0 Å². The number of amides is 2. The molecule has 0 saturated carbocycles. The van der Waals surface area contributed by atoms with Crippen LogP contribution in [0.1, 0.15) is 50.3 Å². The average molecular weight is 346 g/mol. The van der Waals surface area contributed by atoms with Gasteiger partial charge in [0.25, 0.3) is 0 Å². The molecule has 0 radical (unpaired) electrons. The largest absolute Gasteiger partial charge is 0.388 e. The van der Waals surface area contributed by atoms with Crippen molar-refractivity contribution >= 4 is 17.5 Å². The molecule has 25 heavy (non-hydrogen) atoms. The molecule has 6 nitrogen and oxygen atoms in total. The quantitative estimate of drug-likeness (QED) is 0.874. The van der Waals surface area contributed by atoms with Gasteiger partial charge in [-0.3, -0.25) is 9.59 Å². The number of hydrogen-bond acceptors (Lipinski definition) is 4. The molecule has 0 aromatic heterocycles. The average Bonchev–Trinajstić information content (AvgIpc) is 2.58. The molecule has 2 N–H and O–H groups in total. The van der Waals surface area contributed by atoms with Crippen LogP contribution in [0.2, 0.25) is 0 Å². The molecule has 0 spiro atoms. The van der Waals surface area contributed by atoms with Crippen LogP contribution in [-0.2, 0) is 20.7 Å². The van der Waals surface area contributed by atoms with Crippen molar-refractivity contribution in [3.8, 4) is 0 Å². The van der Waals surface area contributed by atoms with Gasteiger partial charge in [-0.2, -0.15) is 0 Å². The number of aliphatic hydroxyl groups is 1. The molecular weight excluding hydrogens is 320 g/mol. The first-order valence-corrected chi connectivity index (χ1v) is 8.96. The van der Waals surface area contributed by atoms with E-state index in [4.69, 9.17) is 4.74 Å². The summed E-state index contributed by atoms with van der Waals surface area (Å²) in [5.41, 5.74) is 2.66. The predicted octanol–water partition coefficient (Wildman–Crippen LogP) is 2.02. The Labute approximate surface area is 148 Å². The molecule has 0 unspecified atom stereocenters. The molecule has 136 valence electrons. The number of anilines is 1. The van der Waals surface area contributed by atoms with Crippen molar-refractivity contribution in [3.63, 3.8) is 0 Å². The zero-order valence-electron chi connectivity index (χ0n) is 14.8. The fraction of sp³-hybridized carbons (Fsp3) is 0.579. The zero-order valence-corrected chi connectivity index (χ0v) is 14.8. The number of nitrogens with zero attached hydrogens (tertiary/aromatic N) is 1. The highest BCUT2D eigenvalue weighted by atomic mass is 16.5. The topological polar surface area (TPSA) is 78.9 Å². The van der Waals surface area contributed by atoms with Crippen molar-refractivity contribution < 1.29 is 19.4 Å². The van der Waals surface area contributed by atoms with Gasteiger partial charge in [0.05, 0.1) is 18.3 Å². The highest BCUT2D eigenvalue weighted by Crippen LogP contribution is 2.28. The number of carbonyl (C=O) groups excluding carboxylic acids is 2. The van der Waals surface area contributed by atoms with E-state index in [9.17, 15) is 14.7 Å². The van der Waals surface area contributed by atoms with Crippen LogP contribution in [0.25, 0.3) is 0 Å². The minimum Gasteiger partial charge on any atom is -0.388 e. The highest BCUT2D eigenvalue weighted by Gasteiger charge is 2.26. The van der Waals surface area contributed by atoms with Crippen LogP contribution in [0, 0.1) is 0 Å². The molecule has 3 atom stereocenters. The third-order valence-electron chi connectivity index (χ3n) is 4.81. The molecule has 6 heteroatoms. The first-order chi connectivity index (χ1) is 11.9. The van der Waals surface area contributed by atoms with E-state index in [1.54, 1.807) is 0 Å². The van der Waals surface area contributed by atoms with Crippen LogP contribution in [0.4, 0.5) is 5.69 Å². The number of aliphatic hydroxyl groups excluding tert-OH is 1. The van der Waals surface area contributed by atoms with E-state index >= 15 is 0 Å². The minimum atomic E-state index is -0.678. The monoisotopic (exact) mass is 346 g/mol. The lowest BCUT2D eigenvalue weighted by molar-refractivity contribution is -0.143. The van der Waals surface area contributed by atoms with E-state index in [0.717, 1.165) is 16.8 Å². The van der Waals surface area contributed by atoms with Crippen LogP contribution >= 0.6 is 0 Å². The SMILES string of the molecule is C[C@@H]1CN(C(=O)CC[C@@H](O)c2ccc3c(c2)CCC(=O)N3)C[C@H](C)O1. The summed E-state index contributed by atoms with van der Waals surface area (Å²) in [7, 11) is 0. The molecule has 2 amide bonds. The summed E-state index contributed by atoms with van der Waals surface area (Å²) in [4.78, 5) is 25.6. The van der Waals surface area contributed by atoms with Gasteiger partial charge in [-0.05, 0) is 43.9 Å². The molecule has 2 aliphatic rings. The standard InChI is InChI=1S/C19H26N2O4/c1-12-10-21(11-13(2)25-12)19(24)8-6-17(22)15-3-5-16-14(9-15)4-7-18(23)20-16/h3,5,9,12-13,17,22H,4,6-8,10-11H2,1-2H3,(H,20,23)/t12-,13+,17-/m1/s1. The van der Waals surface area contributed by atoms with Crippen molar-refractivity contribution in [1.82, 2.24) is 4.90 Å². The number of hydrogen-bond donors (Lipinski definition) is 2. The predicted molar refractivity (Wildman–Crippen MR) is 94.2 cm³/mol. The fourth-order valence-electron chi connectivity index (χ4n) is 3.58. The van der Waals surface area contributed by atoms with Gasteiger partial charge in [0.1, 0.15) is 0 Å². The Morgan fingerprint density at radius 3 is 2.76 bits per heavy atom. The second-order valence-corrected chi connectivity index (χ2v) is 7.08. The van der Waals surface area contributed by atoms with E-state index in [-0.39, 0.29) is 24.0 Å². The van der Waals surface area contributed by atoms with Gasteiger partial charge in [0.2, 0.25) is 11.8 Å². The second-order valence-electron chi connectivity index (χ2n) is 7.08. The van der Waals surface area contributed by atoms with E-state index < -0.39 is 6.10 Å². The highest BCUT2D eigenvalue weighted by molar-refractivity contribution is 5.93. The van der Waals surface area contributed by atoms with Crippen LogP contribution in [-0.4, -0.2) is 47.1 Å². The van der Waals surface area contributed by atoms with E-state index in [0.29, 0.717) is 38.8 Å². The van der Waals surface area contributed by atoms with Gasteiger partial charge in [-0.1, -0.05) is 12.1 Å². The fourth-order valence-corrected chi connectivity index (χ4v) is 3.58. The van der Waals surface area contributed by atoms with Gasteiger partial charge in [-0.15, -0.1) is 0 Å². The smallest absolute Gasteiger partial charge is 0.224 e. The molecule has 3 rings (SSSR count). The van der Waals surface area contributed by atoms with Crippen molar-refractivity contribution in [2.24, 2.45) is 0 Å². The number of fused-ring (bicyclic) bond motifs is 1. The van der Waals surface area contributed by atoms with Gasteiger partial charge in [0.15, 0.2) is 0 Å². The minimum absolute atomic E-state index is 0.0281. The third kappa shape index (κ3) is 4.38. The van der Waals surface area contributed by atoms with Crippen molar-refractivity contribution in [2.45, 2.75) is 57.8 Å². The number of aryl methyl sites for hydroxylation is 1. The van der Waals surface area contributed by atoms with E-state index in [1.807, 2.05) is 36.9 Å². The van der Waals surface area contributed by atoms with Gasteiger partial charge >= 0.3 is 0 Å². The molecule has 0 aliphatic carbocycles. The summed E-state index contributed by atoms with van der Waals surface area (Å²) >= 11 is 0. The maximum atomic E-state index is 12.4. The summed E-state index contributed by atoms with van der Waals surface area (Å²) in [5.74, 6) is 0.0895. The number of nitrogens with one attached hydrogen (secondary N) is 1. The normalized spacial score (nSPS) is 24.4. The molecule has 1 saturated heterocycles. The molecule has 1 aromatic carbocycles. The van der Waals surface area contributed by atoms with E-state index in [2.05, 4.69) is 5.32 Å². The first-order valence-electron chi connectivity index (χ1n) is 8.96. The van der Waals surface area contributed by atoms with Crippen LogP contribution in [0.5, 0.6) is 0 Å². The molecule has 0 bridgehead atoms. The number of benzene rings is 1. The van der Waals surface area contributed by atoms with Crippen molar-refractivity contribution in [1.29, 1.82) is 0 Å². The van der Waals surface area contributed by atoms with E-state index in [1.165, 1.54) is 0 Å². The molecule has 2 aliphatic heterocycles. The Hall–Kier alpha value is -1.92. The number of morpholine rings is 1. The molecule has 1 fully saturated rings. The Kier molecular flexibility index (Phi) is 5.39. The maximum absolute atomic E-state index is 12.4. The second kappa shape index (κ2) is 7.54. The lowest BCUT2D eigenvalue weighted by Gasteiger charge is -2.35.